The van der Waals surface area contributed by atoms with Crippen molar-refractivity contribution in [3.63, 3.8) is 0 Å². The number of benzene rings is 1. The Morgan fingerprint density at radius 3 is 2.50 bits per heavy atom. The molecule has 24 heavy (non-hydrogen) atoms. The first-order chi connectivity index (χ1) is 11.1. The SMILES string of the molecule is Cc1cccc(C)c1NC(=O)C[N+]1=CC=CC1C1CCCCC1.[Y]. The fourth-order valence-electron chi connectivity index (χ4n) is 3.90. The van der Waals surface area contributed by atoms with Crippen molar-refractivity contribution >= 4 is 17.8 Å². The van der Waals surface area contributed by atoms with E-state index in [9.17, 15) is 4.79 Å². The summed E-state index contributed by atoms with van der Waals surface area (Å²) in [4.78, 5) is 12.5. The van der Waals surface area contributed by atoms with E-state index in [1.54, 1.807) is 0 Å². The van der Waals surface area contributed by atoms with Gasteiger partial charge in [0.2, 0.25) is 6.54 Å². The van der Waals surface area contributed by atoms with Crippen LogP contribution >= 0.6 is 0 Å². The van der Waals surface area contributed by atoms with E-state index in [1.807, 2.05) is 32.0 Å². The molecule has 1 saturated carbocycles. The summed E-state index contributed by atoms with van der Waals surface area (Å²) in [6.45, 7) is 4.51. The topological polar surface area (TPSA) is 32.1 Å². The van der Waals surface area contributed by atoms with Crippen molar-refractivity contribution < 1.29 is 42.1 Å². The average Bonchev–Trinajstić information content (AvgIpc) is 3.00. The molecule has 0 spiro atoms. The number of carbonyl (C=O) groups is 1. The summed E-state index contributed by atoms with van der Waals surface area (Å²) in [5.41, 5.74) is 3.19. The Labute approximate surface area is 170 Å². The quantitative estimate of drug-likeness (QED) is 0.766. The van der Waals surface area contributed by atoms with Crippen LogP contribution in [0.15, 0.2) is 30.4 Å². The summed E-state index contributed by atoms with van der Waals surface area (Å²) in [6, 6.07) is 6.50. The molecule has 1 N–H and O–H groups in total. The van der Waals surface area contributed by atoms with Crippen LogP contribution in [-0.4, -0.2) is 29.3 Å². The molecule has 0 aromatic heterocycles. The van der Waals surface area contributed by atoms with Gasteiger partial charge in [0, 0.05) is 50.4 Å². The average molecular weight is 400 g/mol. The van der Waals surface area contributed by atoms with Crippen LogP contribution in [0.3, 0.4) is 0 Å². The van der Waals surface area contributed by atoms with E-state index in [0.29, 0.717) is 18.5 Å². The van der Waals surface area contributed by atoms with Crippen molar-refractivity contribution in [2.45, 2.75) is 52.0 Å². The molecular weight excluding hydrogens is 373 g/mol. The van der Waals surface area contributed by atoms with Crippen LogP contribution in [0.1, 0.15) is 43.2 Å². The fourth-order valence-corrected chi connectivity index (χ4v) is 3.90. The second-order valence-corrected chi connectivity index (χ2v) is 6.91. The predicted molar refractivity (Wildman–Crippen MR) is 95.2 cm³/mol. The molecule has 1 aromatic carbocycles. The third kappa shape index (κ3) is 4.64. The minimum absolute atomic E-state index is 0. The van der Waals surface area contributed by atoms with E-state index >= 15 is 0 Å². The third-order valence-corrected chi connectivity index (χ3v) is 5.17. The summed E-state index contributed by atoms with van der Waals surface area (Å²) in [6.07, 6.45) is 13.0. The van der Waals surface area contributed by atoms with Crippen LogP contribution in [0, 0.1) is 19.8 Å². The van der Waals surface area contributed by atoms with Gasteiger partial charge in [0.1, 0.15) is 0 Å². The number of nitrogens with one attached hydrogen (secondary N) is 1. The van der Waals surface area contributed by atoms with Gasteiger partial charge in [0.25, 0.3) is 5.91 Å². The number of hydrogen-bond acceptors (Lipinski definition) is 1. The number of anilines is 1. The summed E-state index contributed by atoms with van der Waals surface area (Å²) in [5.74, 6) is 0.773. The van der Waals surface area contributed by atoms with Gasteiger partial charge in [-0.2, -0.15) is 0 Å². The van der Waals surface area contributed by atoms with Gasteiger partial charge in [-0.3, -0.25) is 4.79 Å². The second-order valence-electron chi connectivity index (χ2n) is 6.91. The predicted octanol–water partition coefficient (Wildman–Crippen LogP) is 3.84. The minimum atomic E-state index is 0. The molecule has 1 fully saturated rings. The Balaban J connectivity index is 0.00000208. The van der Waals surface area contributed by atoms with E-state index in [1.165, 1.54) is 32.1 Å². The van der Waals surface area contributed by atoms with Gasteiger partial charge >= 0.3 is 0 Å². The number of aryl methyl sites for hydroxylation is 2. The van der Waals surface area contributed by atoms with Crippen molar-refractivity contribution in [1.29, 1.82) is 0 Å². The zero-order valence-electron chi connectivity index (χ0n) is 14.8. The molecule has 1 radical (unpaired) electrons. The number of nitrogens with zero attached hydrogens (tertiary/aromatic N) is 1. The molecule has 1 amide bonds. The van der Waals surface area contributed by atoms with Gasteiger partial charge in [0.15, 0.2) is 12.3 Å². The van der Waals surface area contributed by atoms with Gasteiger partial charge in [-0.1, -0.05) is 37.5 Å². The Kier molecular flexibility index (Phi) is 7.37. The molecule has 1 aliphatic heterocycles. The van der Waals surface area contributed by atoms with Crippen LogP contribution in [0.2, 0.25) is 0 Å². The molecule has 1 unspecified atom stereocenters. The number of amides is 1. The Morgan fingerprint density at radius 1 is 1.17 bits per heavy atom. The maximum atomic E-state index is 12.5. The van der Waals surface area contributed by atoms with E-state index in [2.05, 4.69) is 28.3 Å². The van der Waals surface area contributed by atoms with Crippen LogP contribution in [0.5, 0.6) is 0 Å². The first-order valence-electron chi connectivity index (χ1n) is 8.78. The van der Waals surface area contributed by atoms with Crippen LogP contribution in [0.4, 0.5) is 5.69 Å². The van der Waals surface area contributed by atoms with Crippen molar-refractivity contribution in [3.8, 4) is 0 Å². The zero-order valence-corrected chi connectivity index (χ0v) is 17.6. The number of carbonyl (C=O) groups excluding carboxylic acids is 1. The van der Waals surface area contributed by atoms with Crippen molar-refractivity contribution in [3.05, 3.63) is 41.5 Å². The largest absolute Gasteiger partial charge is 0.320 e. The maximum Gasteiger partial charge on any atom is 0.289 e. The van der Waals surface area contributed by atoms with Crippen LogP contribution < -0.4 is 5.32 Å². The summed E-state index contributed by atoms with van der Waals surface area (Å²) < 4.78 is 2.21. The smallest absolute Gasteiger partial charge is 0.289 e. The Hall–Kier alpha value is -0.796. The zero-order chi connectivity index (χ0) is 16.2. The Morgan fingerprint density at radius 2 is 1.83 bits per heavy atom. The monoisotopic (exact) mass is 400 g/mol. The number of allylic oxidation sites excluding steroid dienone is 1. The van der Waals surface area contributed by atoms with Gasteiger partial charge in [-0.05, 0) is 43.9 Å². The minimum Gasteiger partial charge on any atom is -0.320 e. The van der Waals surface area contributed by atoms with E-state index in [-0.39, 0.29) is 38.6 Å². The molecule has 2 aliphatic rings. The molecule has 1 aromatic rings. The summed E-state index contributed by atoms with van der Waals surface area (Å²) in [7, 11) is 0. The standard InChI is InChI=1S/C20H26N2O.Y/c1-15-8-6-9-16(2)20(15)21-19(23)14-22-13-7-12-18(22)17-10-4-3-5-11-17;/h6-9,12-13,17-18H,3-5,10-11,14H2,1-2H3;/p+1. The molecule has 1 atom stereocenters. The van der Waals surface area contributed by atoms with Crippen LogP contribution in [-0.2, 0) is 37.5 Å². The van der Waals surface area contributed by atoms with Gasteiger partial charge in [-0.15, -0.1) is 0 Å². The van der Waals surface area contributed by atoms with Crippen molar-refractivity contribution in [2.75, 3.05) is 11.9 Å². The third-order valence-electron chi connectivity index (χ3n) is 5.17. The van der Waals surface area contributed by atoms with Gasteiger partial charge in [-0.25, -0.2) is 4.58 Å². The van der Waals surface area contributed by atoms with E-state index in [4.69, 9.17) is 0 Å². The summed E-state index contributed by atoms with van der Waals surface area (Å²) in [5, 5.41) is 3.10. The molecule has 3 nitrogen and oxygen atoms in total. The normalized spacial score (nSPS) is 20.4. The summed E-state index contributed by atoms with van der Waals surface area (Å²) >= 11 is 0. The molecule has 3 rings (SSSR count). The molecule has 125 valence electrons. The number of para-hydroxylation sites is 1. The molecular formula is C20H27N2OY+. The molecule has 1 aliphatic carbocycles. The van der Waals surface area contributed by atoms with E-state index < -0.39 is 0 Å². The second kappa shape index (κ2) is 9.05. The van der Waals surface area contributed by atoms with Crippen LogP contribution in [0.25, 0.3) is 0 Å². The van der Waals surface area contributed by atoms with E-state index in [0.717, 1.165) is 16.8 Å². The molecule has 0 saturated heterocycles. The molecule has 4 heteroatoms. The number of hydrogen-bond donors (Lipinski definition) is 1. The van der Waals surface area contributed by atoms with Gasteiger partial charge < -0.3 is 5.32 Å². The van der Waals surface area contributed by atoms with Gasteiger partial charge in [0.05, 0.1) is 0 Å². The van der Waals surface area contributed by atoms with Crippen molar-refractivity contribution in [1.82, 2.24) is 0 Å². The Bertz CT molecular complexity index is 625. The number of rotatable bonds is 4. The molecule has 1 heterocycles. The molecule has 0 bridgehead atoms. The fraction of sp³-hybridized carbons (Fsp3) is 0.500. The maximum absolute atomic E-state index is 12.5. The first-order valence-corrected chi connectivity index (χ1v) is 8.78. The first kappa shape index (κ1) is 19.5. The van der Waals surface area contributed by atoms with Crippen molar-refractivity contribution in [2.24, 2.45) is 5.92 Å².